The van der Waals surface area contributed by atoms with Crippen molar-refractivity contribution >= 4 is 57.7 Å². The lowest BCUT2D eigenvalue weighted by Crippen LogP contribution is -2.49. The summed E-state index contributed by atoms with van der Waals surface area (Å²) in [5.41, 5.74) is 2.70. The summed E-state index contributed by atoms with van der Waals surface area (Å²) in [7, 11) is 0. The number of nitrogens with zero attached hydrogens (tertiary/aromatic N) is 2. The van der Waals surface area contributed by atoms with E-state index in [9.17, 15) is 9.59 Å². The van der Waals surface area contributed by atoms with Gasteiger partial charge in [-0.15, -0.1) is 11.3 Å². The van der Waals surface area contributed by atoms with Gasteiger partial charge in [0, 0.05) is 26.2 Å². The van der Waals surface area contributed by atoms with Gasteiger partial charge < -0.3 is 10.1 Å². The summed E-state index contributed by atoms with van der Waals surface area (Å²) in [6.07, 6.45) is 0. The molecule has 0 bridgehead atoms. The van der Waals surface area contributed by atoms with Crippen molar-refractivity contribution in [2.75, 3.05) is 16.8 Å². The van der Waals surface area contributed by atoms with Crippen LogP contribution in [0.3, 0.4) is 0 Å². The standard InChI is InChI=1S/C22H19Cl2N3O3S/c1-11(22(29)26-17-8-15(23)7-16(24)9-17)27-18-6-14(21-12(2)31-13(3)25-21)4-5-19(18)30-10-20(27)28/h4-9,11H,10H2,1-3H3,(H,26,29). The molecule has 1 aromatic heterocycles. The molecule has 1 N–H and O–H groups in total. The van der Waals surface area contributed by atoms with Gasteiger partial charge in [-0.2, -0.15) is 0 Å². The maximum absolute atomic E-state index is 13.0. The Kier molecular flexibility index (Phi) is 5.92. The molecule has 160 valence electrons. The summed E-state index contributed by atoms with van der Waals surface area (Å²) in [5.74, 6) is -0.133. The molecule has 1 aliphatic heterocycles. The van der Waals surface area contributed by atoms with Gasteiger partial charge in [0.05, 0.1) is 16.4 Å². The number of thiazole rings is 1. The molecular formula is C22H19Cl2N3O3S. The number of anilines is 2. The van der Waals surface area contributed by atoms with Crippen molar-refractivity contribution in [3.8, 4) is 17.0 Å². The van der Waals surface area contributed by atoms with Crippen LogP contribution in [0.2, 0.25) is 10.0 Å². The van der Waals surface area contributed by atoms with E-state index in [2.05, 4.69) is 10.3 Å². The number of hydrogen-bond donors (Lipinski definition) is 1. The van der Waals surface area contributed by atoms with Crippen LogP contribution in [-0.4, -0.2) is 29.4 Å². The first-order valence-corrected chi connectivity index (χ1v) is 11.1. The minimum absolute atomic E-state index is 0.137. The summed E-state index contributed by atoms with van der Waals surface area (Å²) in [6.45, 7) is 5.49. The Morgan fingerprint density at radius 2 is 1.90 bits per heavy atom. The molecular weight excluding hydrogens is 457 g/mol. The Morgan fingerprint density at radius 3 is 2.55 bits per heavy atom. The molecule has 9 heteroatoms. The zero-order valence-electron chi connectivity index (χ0n) is 17.0. The molecule has 31 heavy (non-hydrogen) atoms. The van der Waals surface area contributed by atoms with Crippen LogP contribution >= 0.6 is 34.5 Å². The van der Waals surface area contributed by atoms with Crippen LogP contribution in [0, 0.1) is 13.8 Å². The molecule has 0 saturated heterocycles. The second kappa shape index (κ2) is 8.49. The number of aryl methyl sites for hydroxylation is 2. The quantitative estimate of drug-likeness (QED) is 0.541. The lowest BCUT2D eigenvalue weighted by molar-refractivity contribution is -0.125. The maximum atomic E-state index is 13.0. The molecule has 6 nitrogen and oxygen atoms in total. The number of carbonyl (C=O) groups is 2. The zero-order chi connectivity index (χ0) is 22.3. The molecule has 1 atom stereocenters. The minimum Gasteiger partial charge on any atom is -0.482 e. The Balaban J connectivity index is 1.67. The highest BCUT2D eigenvalue weighted by Gasteiger charge is 2.33. The third-order valence-electron chi connectivity index (χ3n) is 4.91. The van der Waals surface area contributed by atoms with Crippen molar-refractivity contribution in [1.82, 2.24) is 4.98 Å². The van der Waals surface area contributed by atoms with Gasteiger partial charge in [0.2, 0.25) is 5.91 Å². The lowest BCUT2D eigenvalue weighted by atomic mass is 10.1. The largest absolute Gasteiger partial charge is 0.482 e. The fourth-order valence-corrected chi connectivity index (χ4v) is 4.90. The number of hydrogen-bond acceptors (Lipinski definition) is 5. The lowest BCUT2D eigenvalue weighted by Gasteiger charge is -2.33. The Hall–Kier alpha value is -2.61. The number of carbonyl (C=O) groups excluding carboxylic acids is 2. The Morgan fingerprint density at radius 1 is 1.19 bits per heavy atom. The SMILES string of the molecule is Cc1nc(-c2ccc3c(c2)N(C(C)C(=O)Nc2cc(Cl)cc(Cl)c2)C(=O)CO3)c(C)s1. The molecule has 3 aromatic rings. The third-order valence-corrected chi connectivity index (χ3v) is 6.23. The van der Waals surface area contributed by atoms with Gasteiger partial charge in [-0.3, -0.25) is 14.5 Å². The number of nitrogens with one attached hydrogen (secondary N) is 1. The minimum atomic E-state index is -0.790. The summed E-state index contributed by atoms with van der Waals surface area (Å²) in [5, 5.41) is 4.55. The predicted octanol–water partition coefficient (Wildman–Crippen LogP) is 5.49. The normalized spacial score (nSPS) is 14.1. The number of benzene rings is 2. The van der Waals surface area contributed by atoms with Gasteiger partial charge >= 0.3 is 0 Å². The molecule has 2 amide bonds. The Labute approximate surface area is 193 Å². The van der Waals surface area contributed by atoms with Crippen LogP contribution < -0.4 is 15.0 Å². The van der Waals surface area contributed by atoms with Crippen LogP contribution in [0.5, 0.6) is 5.75 Å². The number of rotatable bonds is 4. The van der Waals surface area contributed by atoms with Crippen LogP contribution in [0.1, 0.15) is 16.8 Å². The predicted molar refractivity (Wildman–Crippen MR) is 125 cm³/mol. The van der Waals surface area contributed by atoms with Crippen LogP contribution in [0.25, 0.3) is 11.3 Å². The van der Waals surface area contributed by atoms with Gasteiger partial charge in [-0.1, -0.05) is 23.2 Å². The fourth-order valence-electron chi connectivity index (χ4n) is 3.53. The molecule has 0 spiro atoms. The molecule has 0 radical (unpaired) electrons. The van der Waals surface area contributed by atoms with Gasteiger partial charge in [0.1, 0.15) is 11.8 Å². The smallest absolute Gasteiger partial charge is 0.265 e. The van der Waals surface area contributed by atoms with E-state index in [1.807, 2.05) is 26.0 Å². The Bertz CT molecular complexity index is 1170. The second-order valence-corrected chi connectivity index (χ2v) is 9.48. The maximum Gasteiger partial charge on any atom is 0.265 e. The first-order valence-electron chi connectivity index (χ1n) is 9.53. The van der Waals surface area contributed by atoms with Gasteiger partial charge in [0.15, 0.2) is 6.61 Å². The molecule has 1 aliphatic rings. The first-order chi connectivity index (χ1) is 14.7. The monoisotopic (exact) mass is 475 g/mol. The average molecular weight is 476 g/mol. The topological polar surface area (TPSA) is 71.5 Å². The van der Waals surface area contributed by atoms with Gasteiger partial charge in [-0.25, -0.2) is 4.98 Å². The van der Waals surface area contributed by atoms with Crippen LogP contribution in [-0.2, 0) is 9.59 Å². The van der Waals surface area contributed by atoms with E-state index < -0.39 is 6.04 Å². The van der Waals surface area contributed by atoms with Crippen LogP contribution in [0.15, 0.2) is 36.4 Å². The van der Waals surface area contributed by atoms with Crippen molar-refractivity contribution in [2.24, 2.45) is 0 Å². The number of aromatic nitrogens is 1. The molecule has 0 aliphatic carbocycles. The van der Waals surface area contributed by atoms with E-state index in [-0.39, 0.29) is 18.4 Å². The summed E-state index contributed by atoms with van der Waals surface area (Å²) in [6, 6.07) is 9.53. The van der Waals surface area contributed by atoms with Gasteiger partial charge in [-0.05, 0) is 57.2 Å². The van der Waals surface area contributed by atoms with E-state index in [1.54, 1.807) is 42.5 Å². The summed E-state index contributed by atoms with van der Waals surface area (Å²) < 4.78 is 5.60. The number of fused-ring (bicyclic) bond motifs is 1. The zero-order valence-corrected chi connectivity index (χ0v) is 19.4. The number of ether oxygens (including phenoxy) is 1. The fraction of sp³-hybridized carbons (Fsp3) is 0.227. The highest BCUT2D eigenvalue weighted by molar-refractivity contribution is 7.11. The van der Waals surface area contributed by atoms with Crippen molar-refractivity contribution in [3.63, 3.8) is 0 Å². The van der Waals surface area contributed by atoms with E-state index in [0.717, 1.165) is 21.1 Å². The molecule has 2 aromatic carbocycles. The molecule has 0 fully saturated rings. The summed E-state index contributed by atoms with van der Waals surface area (Å²) in [4.78, 5) is 32.8. The molecule has 0 saturated carbocycles. The van der Waals surface area contributed by atoms with E-state index in [1.165, 1.54) is 4.90 Å². The second-order valence-electron chi connectivity index (χ2n) is 7.20. The number of halogens is 2. The van der Waals surface area contributed by atoms with Crippen molar-refractivity contribution in [2.45, 2.75) is 26.8 Å². The van der Waals surface area contributed by atoms with E-state index in [4.69, 9.17) is 27.9 Å². The van der Waals surface area contributed by atoms with Crippen molar-refractivity contribution in [1.29, 1.82) is 0 Å². The molecule has 4 rings (SSSR count). The highest BCUT2D eigenvalue weighted by Crippen LogP contribution is 2.38. The molecule has 2 heterocycles. The third kappa shape index (κ3) is 4.39. The van der Waals surface area contributed by atoms with Crippen molar-refractivity contribution in [3.05, 3.63) is 56.3 Å². The van der Waals surface area contributed by atoms with Crippen molar-refractivity contribution < 1.29 is 14.3 Å². The summed E-state index contributed by atoms with van der Waals surface area (Å²) >= 11 is 13.6. The highest BCUT2D eigenvalue weighted by atomic mass is 35.5. The van der Waals surface area contributed by atoms with Crippen LogP contribution in [0.4, 0.5) is 11.4 Å². The number of amides is 2. The average Bonchev–Trinajstić information content (AvgIpc) is 3.04. The first kappa shape index (κ1) is 21.6. The van der Waals surface area contributed by atoms with Gasteiger partial charge in [0.25, 0.3) is 5.91 Å². The molecule has 1 unspecified atom stereocenters. The van der Waals surface area contributed by atoms with E-state index in [0.29, 0.717) is 27.2 Å². The van der Waals surface area contributed by atoms with E-state index >= 15 is 0 Å².